The molecule has 10 heteroatoms. The second-order valence-electron chi connectivity index (χ2n) is 7.10. The predicted octanol–water partition coefficient (Wildman–Crippen LogP) is 4.91. The topological polar surface area (TPSA) is 88.9 Å². The maximum Gasteiger partial charge on any atom is 0.261 e. The summed E-state index contributed by atoms with van der Waals surface area (Å²) in [5.74, 6) is -0.420. The van der Waals surface area contributed by atoms with Crippen molar-refractivity contribution in [2.45, 2.75) is 19.9 Å². The summed E-state index contributed by atoms with van der Waals surface area (Å²) < 4.78 is 1.84. The van der Waals surface area contributed by atoms with Crippen LogP contribution < -0.4 is 10.6 Å². The van der Waals surface area contributed by atoms with E-state index in [1.54, 1.807) is 36.7 Å². The van der Waals surface area contributed by atoms with E-state index in [0.29, 0.717) is 27.2 Å². The Morgan fingerprint density at radius 1 is 1.19 bits per heavy atom. The fourth-order valence-corrected chi connectivity index (χ4v) is 4.73. The number of fused-ring (bicyclic) bond motifs is 1. The van der Waals surface area contributed by atoms with E-state index in [-0.39, 0.29) is 24.8 Å². The van der Waals surface area contributed by atoms with Crippen LogP contribution >= 0.6 is 34.5 Å². The van der Waals surface area contributed by atoms with Gasteiger partial charge in [-0.3, -0.25) is 19.3 Å². The van der Waals surface area contributed by atoms with Crippen LogP contribution in [0.25, 0.3) is 10.2 Å². The van der Waals surface area contributed by atoms with Gasteiger partial charge in [0, 0.05) is 34.6 Å². The average molecular weight is 488 g/mol. The van der Waals surface area contributed by atoms with Gasteiger partial charge in [0.15, 0.2) is 0 Å². The number of nitrogens with zero attached hydrogens (tertiary/aromatic N) is 3. The van der Waals surface area contributed by atoms with Crippen LogP contribution in [0.2, 0.25) is 10.0 Å². The maximum absolute atomic E-state index is 12.6. The zero-order valence-corrected chi connectivity index (χ0v) is 19.4. The SMILES string of the molecule is Cc1nn(Cc2ccc(Cl)cc2Cl)c2sc(C(=O)NCCC(=O)Nc3cccnc3)cc12. The van der Waals surface area contributed by atoms with Crippen LogP contribution in [0.1, 0.15) is 27.3 Å². The summed E-state index contributed by atoms with van der Waals surface area (Å²) in [5.41, 5.74) is 2.34. The number of thiophene rings is 1. The number of nitrogens with one attached hydrogen (secondary N) is 2. The Hall–Kier alpha value is -2.94. The lowest BCUT2D eigenvalue weighted by molar-refractivity contribution is -0.116. The summed E-state index contributed by atoms with van der Waals surface area (Å²) in [6.45, 7) is 2.60. The first kappa shape index (κ1) is 22.3. The predicted molar refractivity (Wildman–Crippen MR) is 128 cm³/mol. The lowest BCUT2D eigenvalue weighted by Crippen LogP contribution is -2.27. The molecule has 3 heterocycles. The molecule has 0 saturated carbocycles. The molecule has 0 aliphatic carbocycles. The molecule has 3 aromatic heterocycles. The molecule has 2 N–H and O–H groups in total. The van der Waals surface area contributed by atoms with Crippen molar-refractivity contribution in [2.75, 3.05) is 11.9 Å². The first-order valence-electron chi connectivity index (χ1n) is 9.79. The lowest BCUT2D eigenvalue weighted by Gasteiger charge is -2.06. The Morgan fingerprint density at radius 3 is 2.78 bits per heavy atom. The van der Waals surface area contributed by atoms with E-state index in [1.165, 1.54) is 11.3 Å². The highest BCUT2D eigenvalue weighted by atomic mass is 35.5. The number of benzene rings is 1. The third-order valence-electron chi connectivity index (χ3n) is 4.75. The number of aryl methyl sites for hydroxylation is 1. The number of carbonyl (C=O) groups excluding carboxylic acids is 2. The second kappa shape index (κ2) is 9.68. The minimum absolute atomic E-state index is 0.160. The van der Waals surface area contributed by atoms with Crippen LogP contribution in [0, 0.1) is 6.92 Å². The number of pyridine rings is 1. The maximum atomic E-state index is 12.6. The molecular weight excluding hydrogens is 469 g/mol. The molecule has 1 aromatic carbocycles. The first-order valence-corrected chi connectivity index (χ1v) is 11.4. The average Bonchev–Trinajstić information content (AvgIpc) is 3.32. The molecule has 0 aliphatic heterocycles. The van der Waals surface area contributed by atoms with Gasteiger partial charge in [-0.2, -0.15) is 5.10 Å². The second-order valence-corrected chi connectivity index (χ2v) is 8.98. The van der Waals surface area contributed by atoms with Gasteiger partial charge in [0.05, 0.1) is 29.0 Å². The normalized spacial score (nSPS) is 11.0. The van der Waals surface area contributed by atoms with E-state index in [9.17, 15) is 9.59 Å². The number of anilines is 1. The molecule has 7 nitrogen and oxygen atoms in total. The van der Waals surface area contributed by atoms with Crippen LogP contribution in [-0.4, -0.2) is 33.1 Å². The van der Waals surface area contributed by atoms with E-state index < -0.39 is 0 Å². The zero-order valence-electron chi connectivity index (χ0n) is 17.1. The molecule has 2 amide bonds. The van der Waals surface area contributed by atoms with Crippen LogP contribution in [0.4, 0.5) is 5.69 Å². The molecule has 0 atom stereocenters. The highest BCUT2D eigenvalue weighted by Gasteiger charge is 2.17. The van der Waals surface area contributed by atoms with E-state index in [0.717, 1.165) is 21.5 Å². The first-order chi connectivity index (χ1) is 15.4. The Labute approximate surface area is 198 Å². The number of hydrogen-bond acceptors (Lipinski definition) is 5. The smallest absolute Gasteiger partial charge is 0.261 e. The highest BCUT2D eigenvalue weighted by molar-refractivity contribution is 7.20. The summed E-state index contributed by atoms with van der Waals surface area (Å²) in [6, 6.07) is 10.7. The third kappa shape index (κ3) is 5.09. The molecule has 164 valence electrons. The van der Waals surface area contributed by atoms with Crippen LogP contribution in [0.3, 0.4) is 0 Å². The van der Waals surface area contributed by atoms with Gasteiger partial charge in [-0.1, -0.05) is 29.3 Å². The lowest BCUT2D eigenvalue weighted by atomic mass is 10.2. The van der Waals surface area contributed by atoms with Gasteiger partial charge in [0.1, 0.15) is 4.83 Å². The molecule has 0 aliphatic rings. The molecule has 4 rings (SSSR count). The zero-order chi connectivity index (χ0) is 22.7. The molecule has 0 saturated heterocycles. The Balaban J connectivity index is 1.40. The van der Waals surface area contributed by atoms with Crippen molar-refractivity contribution in [3.8, 4) is 0 Å². The van der Waals surface area contributed by atoms with Crippen molar-refractivity contribution < 1.29 is 9.59 Å². The number of carbonyl (C=O) groups is 2. The summed E-state index contributed by atoms with van der Waals surface area (Å²) >= 11 is 13.6. The van der Waals surface area contributed by atoms with Crippen molar-refractivity contribution in [2.24, 2.45) is 0 Å². The largest absolute Gasteiger partial charge is 0.351 e. The van der Waals surface area contributed by atoms with E-state index >= 15 is 0 Å². The van der Waals surface area contributed by atoms with Crippen LogP contribution in [0.5, 0.6) is 0 Å². The number of hydrogen-bond donors (Lipinski definition) is 2. The molecule has 0 unspecified atom stereocenters. The molecule has 0 fully saturated rings. The Bertz CT molecular complexity index is 1290. The van der Waals surface area contributed by atoms with Gasteiger partial charge < -0.3 is 10.6 Å². The third-order valence-corrected chi connectivity index (χ3v) is 6.48. The van der Waals surface area contributed by atoms with Crippen molar-refractivity contribution in [3.63, 3.8) is 0 Å². The number of rotatable bonds is 7. The number of amides is 2. The van der Waals surface area contributed by atoms with E-state index in [4.69, 9.17) is 23.2 Å². The summed E-state index contributed by atoms with van der Waals surface area (Å²) in [4.78, 5) is 30.0. The summed E-state index contributed by atoms with van der Waals surface area (Å²) in [5, 5.41) is 12.2. The van der Waals surface area contributed by atoms with Gasteiger partial charge in [-0.05, 0) is 42.8 Å². The summed E-state index contributed by atoms with van der Waals surface area (Å²) in [6.07, 6.45) is 3.36. The molecular formula is C22H19Cl2N5O2S. The molecule has 0 bridgehead atoms. The van der Waals surface area contributed by atoms with E-state index in [2.05, 4.69) is 20.7 Å². The molecule has 4 aromatic rings. The summed E-state index contributed by atoms with van der Waals surface area (Å²) in [7, 11) is 0. The quantitative estimate of drug-likeness (QED) is 0.387. The molecule has 0 radical (unpaired) electrons. The molecule has 32 heavy (non-hydrogen) atoms. The monoisotopic (exact) mass is 487 g/mol. The highest BCUT2D eigenvalue weighted by Crippen LogP contribution is 2.30. The van der Waals surface area contributed by atoms with Crippen molar-refractivity contribution >= 4 is 62.3 Å². The minimum atomic E-state index is -0.226. The Kier molecular flexibility index (Phi) is 6.74. The van der Waals surface area contributed by atoms with Gasteiger partial charge in [0.2, 0.25) is 5.91 Å². The van der Waals surface area contributed by atoms with Crippen LogP contribution in [-0.2, 0) is 11.3 Å². The van der Waals surface area contributed by atoms with Crippen molar-refractivity contribution in [1.82, 2.24) is 20.1 Å². The fraction of sp³-hybridized carbons (Fsp3) is 0.182. The van der Waals surface area contributed by atoms with Crippen molar-refractivity contribution in [3.05, 3.63) is 75.0 Å². The Morgan fingerprint density at radius 2 is 2.03 bits per heavy atom. The van der Waals surface area contributed by atoms with Crippen LogP contribution in [0.15, 0.2) is 48.8 Å². The van der Waals surface area contributed by atoms with Gasteiger partial charge in [-0.25, -0.2) is 0 Å². The van der Waals surface area contributed by atoms with E-state index in [1.807, 2.05) is 23.7 Å². The number of aromatic nitrogens is 3. The van der Waals surface area contributed by atoms with Gasteiger partial charge in [-0.15, -0.1) is 11.3 Å². The fourth-order valence-electron chi connectivity index (χ4n) is 3.18. The minimum Gasteiger partial charge on any atom is -0.351 e. The standard InChI is InChI=1S/C22H19Cl2N5O2S/c1-13-17-10-19(21(31)26-8-6-20(30)27-16-3-2-7-25-11-16)32-22(17)29(28-13)12-14-4-5-15(23)9-18(14)24/h2-5,7,9-11H,6,8,12H2,1H3,(H,26,31)(H,27,30). The van der Waals surface area contributed by atoms with Gasteiger partial charge in [0.25, 0.3) is 5.91 Å². The van der Waals surface area contributed by atoms with Crippen molar-refractivity contribution in [1.29, 1.82) is 0 Å². The molecule has 0 spiro atoms. The van der Waals surface area contributed by atoms with Gasteiger partial charge >= 0.3 is 0 Å². The number of halogens is 2.